The van der Waals surface area contributed by atoms with E-state index in [1.54, 1.807) is 5.56 Å². The quantitative estimate of drug-likeness (QED) is 0.498. The first-order valence-electron chi connectivity index (χ1n) is 7.97. The molecule has 0 saturated heterocycles. The Balaban J connectivity index is 3.47. The zero-order chi connectivity index (χ0) is 16.7. The van der Waals surface area contributed by atoms with E-state index in [-0.39, 0.29) is 0 Å². The highest BCUT2D eigenvalue weighted by Crippen LogP contribution is 2.39. The van der Waals surface area contributed by atoms with Crippen LogP contribution in [0.2, 0.25) is 58.9 Å². The highest BCUT2D eigenvalue weighted by atomic mass is 79.9. The minimum Gasteiger partial charge on any atom is -0.0718 e. The average molecular weight is 418 g/mol. The Morgan fingerprint density at radius 1 is 0.667 bits per heavy atom. The molecule has 0 saturated carbocycles. The smallest absolute Gasteiger partial charge is 0.0420 e. The molecule has 0 fully saturated rings. The molecular formula is C16H33BrSi4. The van der Waals surface area contributed by atoms with Crippen molar-refractivity contribution in [2.24, 2.45) is 0 Å². The highest BCUT2D eigenvalue weighted by molar-refractivity contribution is 9.10. The maximum Gasteiger partial charge on any atom is 0.0420 e. The van der Waals surface area contributed by atoms with E-state index in [4.69, 9.17) is 0 Å². The fourth-order valence-corrected chi connectivity index (χ4v) is 102. The van der Waals surface area contributed by atoms with Crippen LogP contribution in [0, 0.1) is 0 Å². The first kappa shape index (κ1) is 19.6. The molecule has 21 heavy (non-hydrogen) atoms. The lowest BCUT2D eigenvalue weighted by Gasteiger charge is -2.57. The molecule has 0 atom stereocenters. The van der Waals surface area contributed by atoms with E-state index in [2.05, 4.69) is 99.1 Å². The summed E-state index contributed by atoms with van der Waals surface area (Å²) < 4.78 is 1.20. The van der Waals surface area contributed by atoms with Crippen LogP contribution in [-0.4, -0.2) is 29.4 Å². The van der Waals surface area contributed by atoms with Gasteiger partial charge in [0.25, 0.3) is 0 Å². The van der Waals surface area contributed by atoms with Crippen LogP contribution in [0.3, 0.4) is 0 Å². The summed E-state index contributed by atoms with van der Waals surface area (Å²) in [5.41, 5.74) is 1.59. The lowest BCUT2D eigenvalue weighted by atomic mass is 10.2. The van der Waals surface area contributed by atoms with E-state index in [9.17, 15) is 0 Å². The Morgan fingerprint density at radius 3 is 1.29 bits per heavy atom. The van der Waals surface area contributed by atoms with Crippen molar-refractivity contribution < 1.29 is 0 Å². The first-order chi connectivity index (χ1) is 9.22. The molecule has 0 nitrogen and oxygen atoms in total. The number of benzene rings is 1. The van der Waals surface area contributed by atoms with Crippen LogP contribution in [-0.2, 0) is 6.04 Å². The standard InChI is InChI=1S/C16H33BrSi4/c1-18(2,3)21(19(4,5)6,20(7,8)9)14-15-10-12-16(17)13-11-15/h10-13H,14H2,1-9H3. The molecule has 0 amide bonds. The molecule has 0 radical (unpaired) electrons. The second kappa shape index (κ2) is 6.23. The molecule has 0 bridgehead atoms. The van der Waals surface area contributed by atoms with Crippen LogP contribution in [0.4, 0.5) is 0 Å². The fourth-order valence-electron chi connectivity index (χ4n) is 5.08. The third-order valence-corrected chi connectivity index (χ3v) is 79.5. The molecule has 0 unspecified atom stereocenters. The molecule has 0 N–H and O–H groups in total. The Morgan fingerprint density at radius 2 is 1.00 bits per heavy atom. The van der Waals surface area contributed by atoms with Crippen molar-refractivity contribution in [3.8, 4) is 0 Å². The summed E-state index contributed by atoms with van der Waals surface area (Å²) in [5, 5.41) is 0. The average Bonchev–Trinajstić information content (AvgIpc) is 2.22. The van der Waals surface area contributed by atoms with Crippen molar-refractivity contribution in [3.05, 3.63) is 34.3 Å². The predicted octanol–water partition coefficient (Wildman–Crippen LogP) is 6.23. The van der Waals surface area contributed by atoms with Crippen LogP contribution in [0.15, 0.2) is 28.7 Å². The molecule has 0 aliphatic rings. The van der Waals surface area contributed by atoms with Crippen molar-refractivity contribution in [1.29, 1.82) is 0 Å². The first-order valence-corrected chi connectivity index (χ1v) is 24.5. The number of hydrogen-bond donors (Lipinski definition) is 0. The SMILES string of the molecule is C[Si](C)(C)[Si](Cc1ccc(Br)cc1)([Si](C)(C)C)[Si](C)(C)C. The van der Waals surface area contributed by atoms with Crippen molar-refractivity contribution in [1.82, 2.24) is 0 Å². The second-order valence-electron chi connectivity index (χ2n) is 9.46. The van der Waals surface area contributed by atoms with Gasteiger partial charge in [0.1, 0.15) is 0 Å². The van der Waals surface area contributed by atoms with Gasteiger partial charge in [-0.25, -0.2) is 0 Å². The Bertz CT molecular complexity index is 439. The molecule has 1 aromatic carbocycles. The summed E-state index contributed by atoms with van der Waals surface area (Å²) >= 11 is 3.58. The topological polar surface area (TPSA) is 0 Å². The number of halogens is 1. The summed E-state index contributed by atoms with van der Waals surface area (Å²) in [6, 6.07) is 10.6. The van der Waals surface area contributed by atoms with Crippen LogP contribution in [0.1, 0.15) is 5.56 Å². The Labute approximate surface area is 144 Å². The van der Waals surface area contributed by atoms with Crippen LogP contribution >= 0.6 is 15.9 Å². The minimum absolute atomic E-state index is 1.15. The van der Waals surface area contributed by atoms with Gasteiger partial charge < -0.3 is 0 Å². The van der Waals surface area contributed by atoms with Gasteiger partial charge in [-0.2, -0.15) is 0 Å². The van der Waals surface area contributed by atoms with Crippen LogP contribution < -0.4 is 0 Å². The summed E-state index contributed by atoms with van der Waals surface area (Å²) in [7, 11) is -3.46. The zero-order valence-corrected chi connectivity index (χ0v) is 21.0. The van der Waals surface area contributed by atoms with Gasteiger partial charge in [0.15, 0.2) is 0 Å². The second-order valence-corrected chi connectivity index (χ2v) is 51.7. The third kappa shape index (κ3) is 3.91. The summed E-state index contributed by atoms with van der Waals surface area (Å²) in [6.07, 6.45) is 0. The molecule has 0 aliphatic heterocycles. The summed E-state index contributed by atoms with van der Waals surface area (Å²) in [4.78, 5) is 0. The van der Waals surface area contributed by atoms with Crippen molar-refractivity contribution in [3.63, 3.8) is 0 Å². The van der Waals surface area contributed by atoms with E-state index < -0.39 is 29.4 Å². The highest BCUT2D eigenvalue weighted by Gasteiger charge is 2.60. The van der Waals surface area contributed by atoms with E-state index >= 15 is 0 Å². The fraction of sp³-hybridized carbons (Fsp3) is 0.625. The maximum absolute atomic E-state index is 3.58. The lowest BCUT2D eigenvalue weighted by molar-refractivity contribution is 1.35. The van der Waals surface area contributed by atoms with Crippen molar-refractivity contribution >= 4 is 45.3 Å². The third-order valence-electron chi connectivity index (χ3n) is 5.22. The van der Waals surface area contributed by atoms with Gasteiger partial charge in [-0.3, -0.25) is 0 Å². The van der Waals surface area contributed by atoms with Gasteiger partial charge in [0.05, 0.1) is 0 Å². The lowest BCUT2D eigenvalue weighted by Crippen LogP contribution is -2.84. The van der Waals surface area contributed by atoms with Gasteiger partial charge >= 0.3 is 0 Å². The van der Waals surface area contributed by atoms with Gasteiger partial charge in [-0.15, -0.1) is 0 Å². The minimum atomic E-state index is -1.26. The van der Waals surface area contributed by atoms with E-state index in [0.29, 0.717) is 0 Å². The summed E-state index contributed by atoms with van der Waals surface area (Å²) in [6.45, 7) is 22.8. The number of rotatable bonds is 5. The molecule has 1 rings (SSSR count). The Kier molecular flexibility index (Phi) is 5.81. The largest absolute Gasteiger partial charge is 0.0718 e. The predicted molar refractivity (Wildman–Crippen MR) is 114 cm³/mol. The Hall–Kier alpha value is 0.568. The van der Waals surface area contributed by atoms with E-state index in [0.717, 1.165) is 0 Å². The summed E-state index contributed by atoms with van der Waals surface area (Å²) in [5.74, 6) is 0. The molecule has 5 heteroatoms. The van der Waals surface area contributed by atoms with Gasteiger partial charge in [0.2, 0.25) is 0 Å². The van der Waals surface area contributed by atoms with Crippen LogP contribution in [0.25, 0.3) is 0 Å². The van der Waals surface area contributed by atoms with Gasteiger partial charge in [-0.05, 0) is 18.2 Å². The van der Waals surface area contributed by atoms with Crippen molar-refractivity contribution in [2.45, 2.75) is 65.0 Å². The van der Waals surface area contributed by atoms with Gasteiger partial charge in [-0.1, -0.05) is 92.5 Å². The maximum atomic E-state index is 3.58. The monoisotopic (exact) mass is 416 g/mol. The molecule has 120 valence electrons. The van der Waals surface area contributed by atoms with Crippen molar-refractivity contribution in [2.75, 3.05) is 0 Å². The molecular weight excluding hydrogens is 384 g/mol. The van der Waals surface area contributed by atoms with Gasteiger partial charge in [0, 0.05) is 33.9 Å². The van der Waals surface area contributed by atoms with E-state index in [1.807, 2.05) is 0 Å². The zero-order valence-electron chi connectivity index (χ0n) is 15.4. The molecule has 0 aromatic heterocycles. The normalized spacial score (nSPS) is 14.4. The molecule has 1 aromatic rings. The molecule has 0 aliphatic carbocycles. The van der Waals surface area contributed by atoms with Crippen LogP contribution in [0.5, 0.6) is 0 Å². The number of hydrogen-bond acceptors (Lipinski definition) is 0. The molecule has 0 heterocycles. The molecule has 0 spiro atoms. The van der Waals surface area contributed by atoms with E-state index in [1.165, 1.54) is 10.5 Å².